The summed E-state index contributed by atoms with van der Waals surface area (Å²) in [7, 11) is -0.710. The lowest BCUT2D eigenvalue weighted by Gasteiger charge is -2.17. The molecule has 2 aromatic carbocycles. The summed E-state index contributed by atoms with van der Waals surface area (Å²) in [4.78, 5) is 24.6. The van der Waals surface area contributed by atoms with Gasteiger partial charge in [0.1, 0.15) is 11.5 Å². The van der Waals surface area contributed by atoms with Gasteiger partial charge in [-0.15, -0.1) is 11.8 Å². The summed E-state index contributed by atoms with van der Waals surface area (Å²) in [5.74, 6) is 0.312. The van der Waals surface area contributed by atoms with Crippen LogP contribution in [0.5, 0.6) is 11.5 Å². The number of hydrogen-bond acceptors (Lipinski definition) is 7. The normalized spacial score (nSPS) is 13.2. The molecule has 0 atom stereocenters. The zero-order chi connectivity index (χ0) is 21.0. The van der Waals surface area contributed by atoms with Gasteiger partial charge in [0.15, 0.2) is 9.84 Å². The van der Waals surface area contributed by atoms with Gasteiger partial charge in [0.25, 0.3) is 0 Å². The van der Waals surface area contributed by atoms with E-state index in [1.54, 1.807) is 24.3 Å². The first-order chi connectivity index (χ1) is 13.8. The van der Waals surface area contributed by atoms with Crippen LogP contribution in [0.25, 0.3) is 0 Å². The molecule has 8 nitrogen and oxygen atoms in total. The van der Waals surface area contributed by atoms with Crippen molar-refractivity contribution in [1.29, 1.82) is 0 Å². The van der Waals surface area contributed by atoms with Crippen molar-refractivity contribution >= 4 is 44.8 Å². The summed E-state index contributed by atoms with van der Waals surface area (Å²) in [5, 5.41) is 5.31. The quantitative estimate of drug-likeness (QED) is 0.686. The number of carbonyl (C=O) groups excluding carboxylic acids is 2. The van der Waals surface area contributed by atoms with Crippen LogP contribution in [0.1, 0.15) is 6.42 Å². The molecule has 2 aromatic rings. The lowest BCUT2D eigenvalue weighted by atomic mass is 10.2. The molecule has 0 spiro atoms. The Morgan fingerprint density at radius 3 is 2.48 bits per heavy atom. The number of amides is 2. The molecule has 1 aliphatic heterocycles. The van der Waals surface area contributed by atoms with Crippen molar-refractivity contribution in [2.24, 2.45) is 0 Å². The molecule has 29 heavy (non-hydrogen) atoms. The summed E-state index contributed by atoms with van der Waals surface area (Å²) >= 11 is 1.35. The molecule has 0 radical (unpaired) electrons. The van der Waals surface area contributed by atoms with Gasteiger partial charge in [0.2, 0.25) is 11.8 Å². The molecule has 0 bridgehead atoms. The summed E-state index contributed by atoms with van der Waals surface area (Å²) in [5.41, 5.74) is 0.914. The van der Waals surface area contributed by atoms with Crippen molar-refractivity contribution in [3.8, 4) is 11.5 Å². The van der Waals surface area contributed by atoms with E-state index >= 15 is 0 Å². The number of rotatable bonds is 7. The average molecular weight is 437 g/mol. The molecule has 154 valence electrons. The Kier molecular flexibility index (Phi) is 6.33. The summed E-state index contributed by atoms with van der Waals surface area (Å²) in [6, 6.07) is 9.46. The van der Waals surface area contributed by atoms with Crippen LogP contribution < -0.4 is 20.1 Å². The van der Waals surface area contributed by atoms with Crippen LogP contribution in [0.2, 0.25) is 0 Å². The van der Waals surface area contributed by atoms with Gasteiger partial charge in [0.05, 0.1) is 36.3 Å². The third kappa shape index (κ3) is 5.21. The molecule has 1 aliphatic rings. The second-order valence-electron chi connectivity index (χ2n) is 6.21. The first kappa shape index (κ1) is 21.0. The maximum Gasteiger partial charge on any atom is 0.234 e. The van der Waals surface area contributed by atoms with Crippen LogP contribution in [0.4, 0.5) is 11.4 Å². The van der Waals surface area contributed by atoms with E-state index in [4.69, 9.17) is 9.47 Å². The van der Waals surface area contributed by atoms with E-state index in [0.717, 1.165) is 4.90 Å². The molecule has 3 rings (SSSR count). The van der Waals surface area contributed by atoms with Gasteiger partial charge < -0.3 is 20.1 Å². The second kappa shape index (κ2) is 8.75. The van der Waals surface area contributed by atoms with Gasteiger partial charge in [0, 0.05) is 35.2 Å². The Bertz CT molecular complexity index is 1030. The van der Waals surface area contributed by atoms with Gasteiger partial charge in [-0.2, -0.15) is 0 Å². The lowest BCUT2D eigenvalue weighted by Crippen LogP contribution is -2.20. The summed E-state index contributed by atoms with van der Waals surface area (Å²) in [6.45, 7) is 0. The van der Waals surface area contributed by atoms with E-state index in [-0.39, 0.29) is 23.0 Å². The number of sulfone groups is 1. The molecule has 2 amide bonds. The van der Waals surface area contributed by atoms with E-state index in [1.165, 1.54) is 38.1 Å². The highest BCUT2D eigenvalue weighted by molar-refractivity contribution is 8.00. The number of carbonyl (C=O) groups is 2. The van der Waals surface area contributed by atoms with Crippen LogP contribution >= 0.6 is 11.8 Å². The molecule has 10 heteroatoms. The van der Waals surface area contributed by atoms with Crippen molar-refractivity contribution in [2.75, 3.05) is 36.4 Å². The smallest absolute Gasteiger partial charge is 0.234 e. The number of methoxy groups -OCH3 is 2. The minimum Gasteiger partial charge on any atom is -0.497 e. The molecule has 0 aromatic heterocycles. The Morgan fingerprint density at radius 1 is 1.14 bits per heavy atom. The number of hydrogen-bond donors (Lipinski definition) is 2. The summed E-state index contributed by atoms with van der Waals surface area (Å²) < 4.78 is 35.5. The van der Waals surface area contributed by atoms with Crippen molar-refractivity contribution in [3.05, 3.63) is 36.4 Å². The maximum absolute atomic E-state index is 12.6. The second-order valence-corrected chi connectivity index (χ2v) is 9.34. The minimum atomic E-state index is -3.70. The van der Waals surface area contributed by atoms with Crippen molar-refractivity contribution in [2.45, 2.75) is 16.2 Å². The van der Waals surface area contributed by atoms with Crippen molar-refractivity contribution < 1.29 is 27.5 Å². The van der Waals surface area contributed by atoms with E-state index in [9.17, 15) is 18.0 Å². The van der Waals surface area contributed by atoms with Crippen molar-refractivity contribution in [1.82, 2.24) is 0 Å². The van der Waals surface area contributed by atoms with E-state index in [0.29, 0.717) is 28.6 Å². The average Bonchev–Trinajstić information content (AvgIpc) is 2.71. The molecule has 0 fully saturated rings. The minimum absolute atomic E-state index is 0.0647. The molecule has 0 unspecified atom stereocenters. The van der Waals surface area contributed by atoms with Gasteiger partial charge in [-0.1, -0.05) is 0 Å². The van der Waals surface area contributed by atoms with Gasteiger partial charge >= 0.3 is 0 Å². The Labute approximate surface area is 172 Å². The highest BCUT2D eigenvalue weighted by Gasteiger charge is 2.21. The Hall–Kier alpha value is -2.72. The third-order valence-corrected chi connectivity index (χ3v) is 6.96. The van der Waals surface area contributed by atoms with E-state index in [2.05, 4.69) is 10.6 Å². The fraction of sp³-hybridized carbons (Fsp3) is 0.263. The molecule has 0 saturated carbocycles. The largest absolute Gasteiger partial charge is 0.497 e. The fourth-order valence-electron chi connectivity index (χ4n) is 2.70. The first-order valence-corrected chi connectivity index (χ1v) is 11.3. The topological polar surface area (TPSA) is 111 Å². The van der Waals surface area contributed by atoms with Gasteiger partial charge in [-0.05, 0) is 18.2 Å². The molecular formula is C19H20N2O6S2. The van der Waals surface area contributed by atoms with E-state index < -0.39 is 15.7 Å². The van der Waals surface area contributed by atoms with Crippen molar-refractivity contribution in [3.63, 3.8) is 0 Å². The lowest BCUT2D eigenvalue weighted by molar-refractivity contribution is -0.116. The number of thioether (sulfide) groups is 1. The molecule has 1 heterocycles. The van der Waals surface area contributed by atoms with E-state index in [1.807, 2.05) is 0 Å². The number of benzene rings is 2. The third-order valence-electron chi connectivity index (χ3n) is 4.18. The maximum atomic E-state index is 12.6. The number of nitrogens with one attached hydrogen (secondary N) is 2. The summed E-state index contributed by atoms with van der Waals surface area (Å²) in [6.07, 6.45) is -0.222. The fourth-order valence-corrected chi connectivity index (χ4v) is 4.75. The number of fused-ring (bicyclic) bond motifs is 1. The first-order valence-electron chi connectivity index (χ1n) is 8.63. The van der Waals surface area contributed by atoms with Crippen LogP contribution in [0, 0.1) is 0 Å². The Morgan fingerprint density at radius 2 is 1.83 bits per heavy atom. The highest BCUT2D eigenvalue weighted by atomic mass is 32.2. The predicted octanol–water partition coefficient (Wildman–Crippen LogP) is 2.55. The molecule has 0 aliphatic carbocycles. The molecule has 2 N–H and O–H groups in total. The standard InChI is InChI=1S/C19H20N2O6S2/c1-26-13-7-12(8-14(9-13)27-2)20-18(22)5-6-29(24,25)15-3-4-17-16(10-15)21-19(23)11-28-17/h3-4,7-10H,5-6,11H2,1-2H3,(H,20,22)(H,21,23). The van der Waals surface area contributed by atoms with Crippen LogP contribution in [-0.2, 0) is 19.4 Å². The van der Waals surface area contributed by atoms with Gasteiger partial charge in [-0.25, -0.2) is 8.42 Å². The van der Waals surface area contributed by atoms with Gasteiger partial charge in [-0.3, -0.25) is 9.59 Å². The zero-order valence-electron chi connectivity index (χ0n) is 15.9. The van der Waals surface area contributed by atoms with Crippen LogP contribution in [0.3, 0.4) is 0 Å². The van der Waals surface area contributed by atoms with Crippen LogP contribution in [0.15, 0.2) is 46.2 Å². The predicted molar refractivity (Wildman–Crippen MR) is 111 cm³/mol. The van der Waals surface area contributed by atoms with Crippen LogP contribution in [-0.4, -0.2) is 46.0 Å². The molecule has 0 saturated heterocycles. The number of anilines is 2. The Balaban J connectivity index is 1.67. The zero-order valence-corrected chi connectivity index (χ0v) is 17.5. The highest BCUT2D eigenvalue weighted by Crippen LogP contribution is 2.33. The number of ether oxygens (including phenoxy) is 2. The monoisotopic (exact) mass is 436 g/mol. The molecular weight excluding hydrogens is 416 g/mol. The SMILES string of the molecule is COc1cc(NC(=O)CCS(=O)(=O)c2ccc3c(c2)NC(=O)CS3)cc(OC)c1.